The summed E-state index contributed by atoms with van der Waals surface area (Å²) in [5.41, 5.74) is 2.56. The maximum Gasteiger partial charge on any atom is 0.123 e. The zero-order valence-electron chi connectivity index (χ0n) is 11.8. The largest absolute Gasteiger partial charge is 0.497 e. The van der Waals surface area contributed by atoms with Gasteiger partial charge in [0.05, 0.1) is 7.11 Å². The standard InChI is InChI=1S/C17H17BrO2S/c1-19-14-6-7-16(13(8-14)10-18)20-11-15-9-12-4-2-3-5-17(12)21-15/h2-8,15H,9-11H2,1H3. The number of methoxy groups -OCH3 is 1. The average molecular weight is 365 g/mol. The summed E-state index contributed by atoms with van der Waals surface area (Å²) in [6.45, 7) is 0.728. The van der Waals surface area contributed by atoms with E-state index in [1.807, 2.05) is 30.0 Å². The van der Waals surface area contributed by atoms with Crippen molar-refractivity contribution in [3.8, 4) is 11.5 Å². The molecule has 1 unspecified atom stereocenters. The Bertz CT molecular complexity index is 605. The molecule has 110 valence electrons. The molecule has 0 saturated carbocycles. The third kappa shape index (κ3) is 3.38. The molecule has 3 rings (SSSR count). The van der Waals surface area contributed by atoms with Gasteiger partial charge in [-0.15, -0.1) is 11.8 Å². The minimum Gasteiger partial charge on any atom is -0.497 e. The number of halogens is 1. The van der Waals surface area contributed by atoms with Gasteiger partial charge in [0.2, 0.25) is 0 Å². The molecule has 0 aromatic heterocycles. The van der Waals surface area contributed by atoms with Crippen molar-refractivity contribution in [2.24, 2.45) is 0 Å². The van der Waals surface area contributed by atoms with Crippen LogP contribution in [0, 0.1) is 0 Å². The smallest absolute Gasteiger partial charge is 0.123 e. The van der Waals surface area contributed by atoms with Crippen molar-refractivity contribution >= 4 is 27.7 Å². The number of rotatable bonds is 5. The van der Waals surface area contributed by atoms with Crippen LogP contribution in [-0.4, -0.2) is 19.0 Å². The number of hydrogen-bond donors (Lipinski definition) is 0. The third-order valence-electron chi connectivity index (χ3n) is 3.55. The van der Waals surface area contributed by atoms with Crippen molar-refractivity contribution in [1.82, 2.24) is 0 Å². The molecule has 0 fully saturated rings. The summed E-state index contributed by atoms with van der Waals surface area (Å²) in [6.07, 6.45) is 1.08. The fraction of sp³-hybridized carbons (Fsp3) is 0.294. The first-order valence-electron chi connectivity index (χ1n) is 6.90. The molecule has 0 spiro atoms. The van der Waals surface area contributed by atoms with Crippen LogP contribution in [0.3, 0.4) is 0 Å². The summed E-state index contributed by atoms with van der Waals surface area (Å²) in [6, 6.07) is 14.5. The van der Waals surface area contributed by atoms with Crippen LogP contribution in [0.4, 0.5) is 0 Å². The first-order valence-corrected chi connectivity index (χ1v) is 8.90. The Kier molecular flexibility index (Phi) is 4.76. The molecule has 0 amide bonds. The number of benzene rings is 2. The highest BCUT2D eigenvalue weighted by atomic mass is 79.9. The van der Waals surface area contributed by atoms with Gasteiger partial charge >= 0.3 is 0 Å². The van der Waals surface area contributed by atoms with Crippen LogP contribution in [0.5, 0.6) is 11.5 Å². The van der Waals surface area contributed by atoms with E-state index in [-0.39, 0.29) is 0 Å². The second-order valence-electron chi connectivity index (χ2n) is 4.97. The van der Waals surface area contributed by atoms with Gasteiger partial charge in [-0.1, -0.05) is 34.1 Å². The van der Waals surface area contributed by atoms with Crippen LogP contribution >= 0.6 is 27.7 Å². The van der Waals surface area contributed by atoms with Crippen LogP contribution in [0.2, 0.25) is 0 Å². The number of fused-ring (bicyclic) bond motifs is 1. The minimum absolute atomic E-state index is 0.493. The summed E-state index contributed by atoms with van der Waals surface area (Å²) >= 11 is 5.42. The zero-order chi connectivity index (χ0) is 14.7. The number of alkyl halides is 1. The Morgan fingerprint density at radius 1 is 1.24 bits per heavy atom. The van der Waals surface area contributed by atoms with Gasteiger partial charge in [-0.05, 0) is 36.2 Å². The summed E-state index contributed by atoms with van der Waals surface area (Å²) in [5.74, 6) is 1.80. The molecule has 0 radical (unpaired) electrons. The predicted molar refractivity (Wildman–Crippen MR) is 90.9 cm³/mol. The Hall–Kier alpha value is -1.13. The molecule has 0 bridgehead atoms. The second kappa shape index (κ2) is 6.75. The van der Waals surface area contributed by atoms with Crippen LogP contribution in [0.25, 0.3) is 0 Å². The van der Waals surface area contributed by atoms with Crippen molar-refractivity contribution in [1.29, 1.82) is 0 Å². The summed E-state index contributed by atoms with van der Waals surface area (Å²) in [7, 11) is 1.68. The summed E-state index contributed by atoms with van der Waals surface area (Å²) in [5, 5.41) is 1.25. The predicted octanol–water partition coefficient (Wildman–Crippen LogP) is 4.69. The Morgan fingerprint density at radius 3 is 2.86 bits per heavy atom. The lowest BCUT2D eigenvalue weighted by molar-refractivity contribution is 0.314. The molecule has 4 heteroatoms. The van der Waals surface area contributed by atoms with E-state index in [2.05, 4.69) is 40.2 Å². The molecular weight excluding hydrogens is 348 g/mol. The molecule has 2 nitrogen and oxygen atoms in total. The average Bonchev–Trinajstić information content (AvgIpc) is 2.95. The number of hydrogen-bond acceptors (Lipinski definition) is 3. The van der Waals surface area contributed by atoms with E-state index in [9.17, 15) is 0 Å². The Labute approximate surface area is 138 Å². The molecule has 2 aromatic rings. The van der Waals surface area contributed by atoms with Gasteiger partial charge in [-0.2, -0.15) is 0 Å². The van der Waals surface area contributed by atoms with Gasteiger partial charge in [0.1, 0.15) is 18.1 Å². The number of ether oxygens (including phenoxy) is 2. The molecule has 21 heavy (non-hydrogen) atoms. The van der Waals surface area contributed by atoms with Gasteiger partial charge < -0.3 is 9.47 Å². The van der Waals surface area contributed by atoms with Gasteiger partial charge in [0.15, 0.2) is 0 Å². The van der Waals surface area contributed by atoms with Crippen molar-refractivity contribution in [3.05, 3.63) is 53.6 Å². The minimum atomic E-state index is 0.493. The molecule has 0 N–H and O–H groups in total. The molecular formula is C17H17BrO2S. The van der Waals surface area contributed by atoms with E-state index in [4.69, 9.17) is 9.47 Å². The van der Waals surface area contributed by atoms with Crippen LogP contribution < -0.4 is 9.47 Å². The molecule has 0 saturated heterocycles. The molecule has 0 aliphatic carbocycles. The quantitative estimate of drug-likeness (QED) is 0.717. The van der Waals surface area contributed by atoms with E-state index in [0.29, 0.717) is 5.25 Å². The molecule has 1 aliphatic heterocycles. The van der Waals surface area contributed by atoms with Crippen molar-refractivity contribution in [2.75, 3.05) is 13.7 Å². The van der Waals surface area contributed by atoms with Crippen molar-refractivity contribution in [2.45, 2.75) is 21.9 Å². The van der Waals surface area contributed by atoms with Crippen LogP contribution in [-0.2, 0) is 11.8 Å². The SMILES string of the molecule is COc1ccc(OCC2Cc3ccccc3S2)c(CBr)c1. The fourth-order valence-electron chi connectivity index (χ4n) is 2.46. The molecule has 1 aliphatic rings. The van der Waals surface area contributed by atoms with E-state index in [0.717, 1.165) is 35.4 Å². The second-order valence-corrected chi connectivity index (χ2v) is 6.87. The fourth-order valence-corrected chi connectivity index (χ4v) is 4.11. The van der Waals surface area contributed by atoms with E-state index in [1.54, 1.807) is 7.11 Å². The van der Waals surface area contributed by atoms with E-state index >= 15 is 0 Å². The van der Waals surface area contributed by atoms with Gasteiger partial charge in [0, 0.05) is 21.0 Å². The number of thioether (sulfide) groups is 1. The first kappa shape index (κ1) is 14.8. The highest BCUT2D eigenvalue weighted by Gasteiger charge is 2.22. The maximum atomic E-state index is 6.04. The van der Waals surface area contributed by atoms with Crippen molar-refractivity contribution < 1.29 is 9.47 Å². The van der Waals surface area contributed by atoms with Gasteiger partial charge in [-0.25, -0.2) is 0 Å². The molecule has 2 aromatic carbocycles. The topological polar surface area (TPSA) is 18.5 Å². The Morgan fingerprint density at radius 2 is 2.10 bits per heavy atom. The molecule has 1 heterocycles. The monoisotopic (exact) mass is 364 g/mol. The highest BCUT2D eigenvalue weighted by Crippen LogP contribution is 2.37. The zero-order valence-corrected chi connectivity index (χ0v) is 14.2. The van der Waals surface area contributed by atoms with Crippen LogP contribution in [0.1, 0.15) is 11.1 Å². The Balaban J connectivity index is 1.64. The van der Waals surface area contributed by atoms with Crippen molar-refractivity contribution in [3.63, 3.8) is 0 Å². The van der Waals surface area contributed by atoms with Gasteiger partial charge in [0.25, 0.3) is 0 Å². The lowest BCUT2D eigenvalue weighted by atomic mass is 10.1. The van der Waals surface area contributed by atoms with E-state index < -0.39 is 0 Å². The third-order valence-corrected chi connectivity index (χ3v) is 5.44. The van der Waals surface area contributed by atoms with E-state index in [1.165, 1.54) is 10.5 Å². The maximum absolute atomic E-state index is 6.04. The lowest BCUT2D eigenvalue weighted by Crippen LogP contribution is -2.14. The summed E-state index contributed by atoms with van der Waals surface area (Å²) < 4.78 is 11.3. The molecule has 1 atom stereocenters. The normalized spacial score (nSPS) is 16.6. The van der Waals surface area contributed by atoms with Gasteiger partial charge in [-0.3, -0.25) is 0 Å². The summed E-state index contributed by atoms with van der Waals surface area (Å²) in [4.78, 5) is 1.39. The lowest BCUT2D eigenvalue weighted by Gasteiger charge is -2.14. The first-order chi connectivity index (χ1) is 10.3. The van der Waals surface area contributed by atoms with Crippen LogP contribution in [0.15, 0.2) is 47.4 Å². The highest BCUT2D eigenvalue weighted by molar-refractivity contribution is 9.08.